The number of amides is 2. The number of hydrogen-bond donors (Lipinski definition) is 3. The predicted molar refractivity (Wildman–Crippen MR) is 49.4 cm³/mol. The molecule has 0 aliphatic heterocycles. The summed E-state index contributed by atoms with van der Waals surface area (Å²) < 4.78 is 0. The molecule has 5 nitrogen and oxygen atoms in total. The van der Waals surface area contributed by atoms with Crippen molar-refractivity contribution in [2.24, 2.45) is 17.2 Å². The number of hydrogen-bond acceptors (Lipinski definition) is 3. The maximum Gasteiger partial charge on any atom is 0.241 e. The van der Waals surface area contributed by atoms with Crippen molar-refractivity contribution in [2.75, 3.05) is 0 Å². The zero-order chi connectivity index (χ0) is 10.5. The molecule has 0 aliphatic carbocycles. The van der Waals surface area contributed by atoms with Crippen LogP contribution in [0.1, 0.15) is 19.3 Å². The Morgan fingerprint density at radius 3 is 2.23 bits per heavy atom. The van der Waals surface area contributed by atoms with E-state index >= 15 is 0 Å². The second-order valence-electron chi connectivity index (χ2n) is 2.93. The number of primary amides is 2. The summed E-state index contributed by atoms with van der Waals surface area (Å²) in [5.41, 5.74) is 14.3. The normalized spacial score (nSPS) is 14.5. The molecule has 6 N–H and O–H groups in total. The summed E-state index contributed by atoms with van der Waals surface area (Å²) in [5.74, 6) is -1.07. The third-order valence-electron chi connectivity index (χ3n) is 1.84. The van der Waals surface area contributed by atoms with Crippen LogP contribution in [-0.2, 0) is 9.59 Å². The molecule has 2 amide bonds. The van der Waals surface area contributed by atoms with Gasteiger partial charge in [-0.15, -0.1) is 6.58 Å². The van der Waals surface area contributed by atoms with Crippen LogP contribution in [-0.4, -0.2) is 17.4 Å². The molecule has 0 rings (SSSR count). The molecule has 0 spiro atoms. The number of carbonyl (C=O) groups is 2. The molecular formula is C8H15N3O2. The van der Waals surface area contributed by atoms with Crippen LogP contribution in [0.15, 0.2) is 12.7 Å². The summed E-state index contributed by atoms with van der Waals surface area (Å²) in [6.45, 7) is 3.41. The van der Waals surface area contributed by atoms with E-state index in [-0.39, 0.29) is 12.8 Å². The zero-order valence-corrected chi connectivity index (χ0v) is 7.45. The molecule has 0 aromatic heterocycles. The van der Waals surface area contributed by atoms with Gasteiger partial charge in [0.15, 0.2) is 0 Å². The van der Waals surface area contributed by atoms with Gasteiger partial charge in [-0.25, -0.2) is 0 Å². The first-order chi connectivity index (χ1) is 5.92. The fourth-order valence-corrected chi connectivity index (χ4v) is 0.881. The molecule has 5 heteroatoms. The van der Waals surface area contributed by atoms with Crippen LogP contribution in [0.25, 0.3) is 0 Å². The molecule has 0 aliphatic rings. The van der Waals surface area contributed by atoms with Gasteiger partial charge in [-0.3, -0.25) is 9.59 Å². The molecule has 0 saturated carbocycles. The minimum atomic E-state index is -1.23. The lowest BCUT2D eigenvalue weighted by Gasteiger charge is -2.20. The number of nitrogens with two attached hydrogens (primary N) is 3. The first-order valence-electron chi connectivity index (χ1n) is 3.93. The van der Waals surface area contributed by atoms with Crippen LogP contribution in [0, 0.1) is 0 Å². The predicted octanol–water partition coefficient (Wildman–Crippen LogP) is -0.989. The number of rotatable bonds is 6. The van der Waals surface area contributed by atoms with Crippen LogP contribution in [0.2, 0.25) is 0 Å². The Bertz CT molecular complexity index is 227. The highest BCUT2D eigenvalue weighted by atomic mass is 16.1. The molecular weight excluding hydrogens is 170 g/mol. The van der Waals surface area contributed by atoms with E-state index < -0.39 is 17.4 Å². The average molecular weight is 185 g/mol. The largest absolute Gasteiger partial charge is 0.370 e. The molecule has 0 radical (unpaired) electrons. The standard InChI is InChI=1S/C8H15N3O2/c1-2-8(11,7(10)13)5-3-4-6(9)12/h2H,1,3-5,11H2,(H2,9,12)(H2,10,13). The van der Waals surface area contributed by atoms with E-state index in [1.54, 1.807) is 0 Å². The van der Waals surface area contributed by atoms with Gasteiger partial charge in [0.1, 0.15) is 5.54 Å². The highest BCUT2D eigenvalue weighted by Gasteiger charge is 2.27. The highest BCUT2D eigenvalue weighted by Crippen LogP contribution is 2.11. The SMILES string of the molecule is C=CC(N)(CCCC(N)=O)C(N)=O. The van der Waals surface area contributed by atoms with Gasteiger partial charge in [0.05, 0.1) is 0 Å². The fourth-order valence-electron chi connectivity index (χ4n) is 0.881. The van der Waals surface area contributed by atoms with Crippen LogP contribution in [0.4, 0.5) is 0 Å². The molecule has 0 bridgehead atoms. The van der Waals surface area contributed by atoms with Crippen LogP contribution < -0.4 is 17.2 Å². The van der Waals surface area contributed by atoms with Gasteiger partial charge in [-0.2, -0.15) is 0 Å². The lowest BCUT2D eigenvalue weighted by atomic mass is 9.93. The molecule has 0 fully saturated rings. The second kappa shape index (κ2) is 4.61. The molecule has 0 aromatic carbocycles. The Kier molecular flexibility index (Phi) is 4.13. The minimum Gasteiger partial charge on any atom is -0.370 e. The van der Waals surface area contributed by atoms with Gasteiger partial charge < -0.3 is 17.2 Å². The van der Waals surface area contributed by atoms with Crippen molar-refractivity contribution in [3.8, 4) is 0 Å². The Morgan fingerprint density at radius 1 is 1.38 bits per heavy atom. The highest BCUT2D eigenvalue weighted by molar-refractivity contribution is 5.86. The van der Waals surface area contributed by atoms with Crippen LogP contribution >= 0.6 is 0 Å². The van der Waals surface area contributed by atoms with E-state index in [0.717, 1.165) is 0 Å². The van der Waals surface area contributed by atoms with Gasteiger partial charge >= 0.3 is 0 Å². The van der Waals surface area contributed by atoms with Crippen molar-refractivity contribution in [3.63, 3.8) is 0 Å². The van der Waals surface area contributed by atoms with Crippen molar-refractivity contribution >= 4 is 11.8 Å². The molecule has 1 unspecified atom stereocenters. The molecule has 0 saturated heterocycles. The third kappa shape index (κ3) is 3.71. The number of carbonyl (C=O) groups excluding carboxylic acids is 2. The van der Waals surface area contributed by atoms with E-state index in [4.69, 9.17) is 17.2 Å². The van der Waals surface area contributed by atoms with E-state index in [9.17, 15) is 9.59 Å². The van der Waals surface area contributed by atoms with Crippen LogP contribution in [0.5, 0.6) is 0 Å². The lowest BCUT2D eigenvalue weighted by Crippen LogP contribution is -2.50. The third-order valence-corrected chi connectivity index (χ3v) is 1.84. The summed E-state index contributed by atoms with van der Waals surface area (Å²) in [6.07, 6.45) is 2.20. The maximum absolute atomic E-state index is 10.8. The first kappa shape index (κ1) is 11.6. The Hall–Kier alpha value is -1.36. The van der Waals surface area contributed by atoms with E-state index in [2.05, 4.69) is 6.58 Å². The average Bonchev–Trinajstić information content (AvgIpc) is 2.03. The van der Waals surface area contributed by atoms with Crippen molar-refractivity contribution in [1.82, 2.24) is 0 Å². The minimum absolute atomic E-state index is 0.195. The van der Waals surface area contributed by atoms with E-state index in [1.807, 2.05) is 0 Å². The molecule has 1 atom stereocenters. The topological polar surface area (TPSA) is 112 Å². The van der Waals surface area contributed by atoms with Gasteiger partial charge in [0, 0.05) is 6.42 Å². The Balaban J connectivity index is 4.06. The fraction of sp³-hybridized carbons (Fsp3) is 0.500. The summed E-state index contributed by atoms with van der Waals surface area (Å²) in [7, 11) is 0. The van der Waals surface area contributed by atoms with E-state index in [0.29, 0.717) is 6.42 Å². The lowest BCUT2D eigenvalue weighted by molar-refractivity contribution is -0.122. The van der Waals surface area contributed by atoms with Crippen LogP contribution in [0.3, 0.4) is 0 Å². The summed E-state index contributed by atoms with van der Waals surface area (Å²) in [6, 6.07) is 0. The quantitative estimate of drug-likeness (QED) is 0.462. The summed E-state index contributed by atoms with van der Waals surface area (Å²) in [5, 5.41) is 0. The van der Waals surface area contributed by atoms with Crippen molar-refractivity contribution in [3.05, 3.63) is 12.7 Å². The van der Waals surface area contributed by atoms with Gasteiger partial charge in [0.2, 0.25) is 11.8 Å². The van der Waals surface area contributed by atoms with Gasteiger partial charge in [-0.05, 0) is 12.8 Å². The first-order valence-corrected chi connectivity index (χ1v) is 3.93. The molecule has 13 heavy (non-hydrogen) atoms. The summed E-state index contributed by atoms with van der Waals surface area (Å²) in [4.78, 5) is 21.2. The molecule has 0 aromatic rings. The smallest absolute Gasteiger partial charge is 0.241 e. The van der Waals surface area contributed by atoms with Crippen molar-refractivity contribution < 1.29 is 9.59 Å². The Morgan fingerprint density at radius 2 is 1.92 bits per heavy atom. The Labute approximate surface area is 76.9 Å². The maximum atomic E-state index is 10.8. The zero-order valence-electron chi connectivity index (χ0n) is 7.45. The van der Waals surface area contributed by atoms with Crippen molar-refractivity contribution in [2.45, 2.75) is 24.8 Å². The van der Waals surface area contributed by atoms with E-state index in [1.165, 1.54) is 6.08 Å². The second-order valence-corrected chi connectivity index (χ2v) is 2.93. The van der Waals surface area contributed by atoms with Gasteiger partial charge in [0.25, 0.3) is 0 Å². The van der Waals surface area contributed by atoms with Gasteiger partial charge in [-0.1, -0.05) is 6.08 Å². The molecule has 0 heterocycles. The summed E-state index contributed by atoms with van der Waals surface area (Å²) >= 11 is 0. The molecule has 74 valence electrons. The monoisotopic (exact) mass is 185 g/mol. The van der Waals surface area contributed by atoms with Crippen molar-refractivity contribution in [1.29, 1.82) is 0 Å².